The molecule has 0 aliphatic heterocycles. The Morgan fingerprint density at radius 2 is 1.93 bits per heavy atom. The Bertz CT molecular complexity index is 1080. The van der Waals surface area contributed by atoms with Crippen LogP contribution in [0.4, 0.5) is 5.82 Å². The average molecular weight is 450 g/mol. The molecule has 0 amide bonds. The summed E-state index contributed by atoms with van der Waals surface area (Å²) in [5.74, 6) is 0.976. The van der Waals surface area contributed by atoms with Crippen molar-refractivity contribution in [2.45, 2.75) is 38.0 Å². The molecule has 1 aliphatic carbocycles. The molecule has 0 saturated heterocycles. The molecule has 5 nitrogen and oxygen atoms in total. The lowest BCUT2D eigenvalue weighted by atomic mass is 9.87. The predicted octanol–water partition coefficient (Wildman–Crippen LogP) is 5.87. The van der Waals surface area contributed by atoms with Crippen LogP contribution in [-0.4, -0.2) is 20.8 Å². The first kappa shape index (κ1) is 19.6. The van der Waals surface area contributed by atoms with Gasteiger partial charge in [-0.1, -0.05) is 67.8 Å². The van der Waals surface area contributed by atoms with Gasteiger partial charge in [0.1, 0.15) is 5.82 Å². The van der Waals surface area contributed by atoms with Crippen LogP contribution < -0.4 is 5.73 Å². The molecule has 1 aliphatic rings. The number of hydrogen-bond acceptors (Lipinski definition) is 4. The minimum atomic E-state index is 0.415. The van der Waals surface area contributed by atoms with E-state index in [1.165, 1.54) is 25.5 Å². The summed E-state index contributed by atoms with van der Waals surface area (Å²) in [7, 11) is 0. The predicted molar refractivity (Wildman–Crippen MR) is 123 cm³/mol. The van der Waals surface area contributed by atoms with Gasteiger partial charge in [-0.3, -0.25) is 0 Å². The fourth-order valence-electron chi connectivity index (χ4n) is 3.91. The highest BCUT2D eigenvalue weighted by atomic mass is 79.9. The van der Waals surface area contributed by atoms with E-state index in [9.17, 15) is 0 Å². The van der Waals surface area contributed by atoms with E-state index in [0.29, 0.717) is 17.4 Å². The molecule has 6 heteroatoms. The first-order valence-corrected chi connectivity index (χ1v) is 10.7. The van der Waals surface area contributed by atoms with Crippen LogP contribution in [0.15, 0.2) is 53.2 Å². The second-order valence-electron chi connectivity index (χ2n) is 7.36. The Kier molecular flexibility index (Phi) is 5.90. The van der Waals surface area contributed by atoms with Crippen LogP contribution in [0, 0.1) is 5.41 Å². The van der Waals surface area contributed by atoms with Crippen molar-refractivity contribution < 1.29 is 0 Å². The van der Waals surface area contributed by atoms with Crippen molar-refractivity contribution in [3.63, 3.8) is 0 Å². The number of halogens is 1. The Balaban J connectivity index is 1.74. The van der Waals surface area contributed by atoms with Crippen LogP contribution in [-0.2, 0) is 0 Å². The number of anilines is 1. The second-order valence-corrected chi connectivity index (χ2v) is 8.15. The topological polar surface area (TPSA) is 80.1 Å². The number of allylic oxidation sites excluding steroid dienone is 3. The number of nitrogens with two attached hydrogens (primary N) is 1. The van der Waals surface area contributed by atoms with Crippen LogP contribution >= 0.6 is 15.9 Å². The number of benzene rings is 1. The van der Waals surface area contributed by atoms with Gasteiger partial charge in [0.2, 0.25) is 0 Å². The van der Waals surface area contributed by atoms with E-state index in [0.717, 1.165) is 39.7 Å². The van der Waals surface area contributed by atoms with E-state index in [1.54, 1.807) is 10.7 Å². The van der Waals surface area contributed by atoms with Crippen LogP contribution in [0.2, 0.25) is 0 Å². The van der Waals surface area contributed by atoms with Gasteiger partial charge in [-0.2, -0.15) is 9.61 Å². The quantitative estimate of drug-likeness (QED) is 0.377. The minimum absolute atomic E-state index is 0.415. The summed E-state index contributed by atoms with van der Waals surface area (Å²) in [6.45, 7) is 0. The third-order valence-electron chi connectivity index (χ3n) is 5.47. The number of nitrogens with zero attached hydrogens (tertiary/aromatic N) is 3. The minimum Gasteiger partial charge on any atom is -0.383 e. The number of fused-ring (bicyclic) bond motifs is 1. The van der Waals surface area contributed by atoms with Gasteiger partial charge in [-0.05, 0) is 34.3 Å². The first-order valence-electron chi connectivity index (χ1n) is 9.96. The van der Waals surface area contributed by atoms with Gasteiger partial charge in [0, 0.05) is 23.3 Å². The maximum atomic E-state index is 7.91. The summed E-state index contributed by atoms with van der Waals surface area (Å²) < 4.78 is 2.50. The first-order chi connectivity index (χ1) is 14.2. The summed E-state index contributed by atoms with van der Waals surface area (Å²) in [5, 5.41) is 12.3. The van der Waals surface area contributed by atoms with Gasteiger partial charge < -0.3 is 11.1 Å². The smallest absolute Gasteiger partial charge is 0.165 e. The lowest BCUT2D eigenvalue weighted by Crippen LogP contribution is -2.12. The molecule has 1 saturated carbocycles. The van der Waals surface area contributed by atoms with Crippen molar-refractivity contribution >= 4 is 45.3 Å². The molecule has 2 heterocycles. The maximum Gasteiger partial charge on any atom is 0.165 e. The third-order valence-corrected chi connectivity index (χ3v) is 6.28. The van der Waals surface area contributed by atoms with Crippen LogP contribution in [0.3, 0.4) is 0 Å². The molecular weight excluding hydrogens is 426 g/mol. The highest BCUT2D eigenvalue weighted by molar-refractivity contribution is 9.10. The number of rotatable bonds is 5. The van der Waals surface area contributed by atoms with Crippen molar-refractivity contribution in [3.8, 4) is 0 Å². The Morgan fingerprint density at radius 1 is 1.17 bits per heavy atom. The van der Waals surface area contributed by atoms with Crippen LogP contribution in [0.25, 0.3) is 17.3 Å². The zero-order valence-electron chi connectivity index (χ0n) is 16.2. The van der Waals surface area contributed by atoms with E-state index in [-0.39, 0.29) is 0 Å². The Labute approximate surface area is 179 Å². The highest BCUT2D eigenvalue weighted by Crippen LogP contribution is 2.38. The van der Waals surface area contributed by atoms with E-state index in [1.807, 2.05) is 48.6 Å². The summed E-state index contributed by atoms with van der Waals surface area (Å²) in [4.78, 5) is 4.96. The molecule has 1 aromatic carbocycles. The molecule has 4 rings (SSSR count). The number of nitrogen functional groups attached to an aromatic ring is 1. The Hall–Kier alpha value is -2.73. The molecule has 0 unspecified atom stereocenters. The van der Waals surface area contributed by atoms with E-state index >= 15 is 0 Å². The molecule has 0 atom stereocenters. The van der Waals surface area contributed by atoms with Crippen molar-refractivity contribution in [1.82, 2.24) is 14.6 Å². The fraction of sp³-hybridized carbons (Fsp3) is 0.261. The summed E-state index contributed by atoms with van der Waals surface area (Å²) in [5.41, 5.74) is 10.8. The van der Waals surface area contributed by atoms with Gasteiger partial charge in [0.15, 0.2) is 5.65 Å². The average Bonchev–Trinajstić information content (AvgIpc) is 3.19. The lowest BCUT2D eigenvalue weighted by molar-refractivity contribution is 0.435. The molecular formula is C23H24BrN5. The molecule has 1 fully saturated rings. The summed E-state index contributed by atoms with van der Waals surface area (Å²) in [6.07, 6.45) is 15.0. The zero-order valence-corrected chi connectivity index (χ0v) is 17.8. The highest BCUT2D eigenvalue weighted by Gasteiger charge is 2.23. The largest absolute Gasteiger partial charge is 0.383 e. The maximum absolute atomic E-state index is 7.91. The lowest BCUT2D eigenvalue weighted by Gasteiger charge is -2.22. The van der Waals surface area contributed by atoms with Crippen molar-refractivity contribution in [3.05, 3.63) is 70.0 Å². The molecule has 29 heavy (non-hydrogen) atoms. The Morgan fingerprint density at radius 3 is 2.66 bits per heavy atom. The zero-order chi connectivity index (χ0) is 20.2. The van der Waals surface area contributed by atoms with Crippen molar-refractivity contribution in [2.24, 2.45) is 0 Å². The standard InChI is InChI=1S/C23H24BrN5/c24-20-21(17-11-5-2-6-12-17)28-23-19(15-27-29(23)22(20)26)18(14-25)13-7-10-16-8-3-1-4-9-16/h1,3-4,7-10,13-15,17,25H,2,5-6,11-12,26H2. The number of aromatic nitrogens is 3. The SMILES string of the molecule is N=CC(=CC=Cc1ccccc1)c1cnn2c(N)c(Br)c(C3CCCCC3)nc12. The van der Waals surface area contributed by atoms with Crippen LogP contribution in [0.1, 0.15) is 54.8 Å². The van der Waals surface area contributed by atoms with Gasteiger partial charge >= 0.3 is 0 Å². The van der Waals surface area contributed by atoms with Gasteiger partial charge in [-0.15, -0.1) is 0 Å². The van der Waals surface area contributed by atoms with Gasteiger partial charge in [0.05, 0.1) is 16.4 Å². The molecule has 0 radical (unpaired) electrons. The van der Waals surface area contributed by atoms with E-state index in [4.69, 9.17) is 16.1 Å². The third kappa shape index (κ3) is 4.03. The molecule has 3 N–H and O–H groups in total. The molecule has 2 aromatic heterocycles. The van der Waals surface area contributed by atoms with Crippen molar-refractivity contribution in [2.75, 3.05) is 5.73 Å². The monoisotopic (exact) mass is 449 g/mol. The molecule has 148 valence electrons. The molecule has 3 aromatic rings. The normalized spacial score (nSPS) is 16.0. The van der Waals surface area contributed by atoms with Crippen molar-refractivity contribution in [1.29, 1.82) is 5.41 Å². The number of hydrogen-bond donors (Lipinski definition) is 2. The second kappa shape index (κ2) is 8.74. The van der Waals surface area contributed by atoms with Crippen LogP contribution in [0.5, 0.6) is 0 Å². The van der Waals surface area contributed by atoms with E-state index < -0.39 is 0 Å². The fourth-order valence-corrected chi connectivity index (χ4v) is 4.49. The van der Waals surface area contributed by atoms with Gasteiger partial charge in [-0.25, -0.2) is 4.98 Å². The molecule has 0 bridgehead atoms. The number of nitrogens with one attached hydrogen (secondary N) is 1. The summed E-state index contributed by atoms with van der Waals surface area (Å²) in [6, 6.07) is 10.1. The molecule has 0 spiro atoms. The van der Waals surface area contributed by atoms with Gasteiger partial charge in [0.25, 0.3) is 0 Å². The summed E-state index contributed by atoms with van der Waals surface area (Å²) >= 11 is 3.65. The van der Waals surface area contributed by atoms with E-state index in [2.05, 4.69) is 21.0 Å².